The second kappa shape index (κ2) is 12.8. The van der Waals surface area contributed by atoms with Crippen molar-refractivity contribution in [2.24, 2.45) is 0 Å². The molecule has 0 aromatic heterocycles. The van der Waals surface area contributed by atoms with Gasteiger partial charge in [-0.3, -0.25) is 0 Å². The molecule has 0 spiro atoms. The van der Waals surface area contributed by atoms with Crippen molar-refractivity contribution < 1.29 is 9.30 Å². The second-order valence-corrected chi connectivity index (χ2v) is 18.0. The summed E-state index contributed by atoms with van der Waals surface area (Å²) in [6, 6.07) is 47.3. The minimum absolute atomic E-state index is 0.188. The highest BCUT2D eigenvalue weighted by molar-refractivity contribution is 7.85. The van der Waals surface area contributed by atoms with Crippen LogP contribution in [0.25, 0.3) is 0 Å². The van der Waals surface area contributed by atoms with Gasteiger partial charge in [-0.25, -0.2) is 0 Å². The Morgan fingerprint density at radius 3 is 1.76 bits per heavy atom. The molecule has 9 rings (SSSR count). The molecule has 3 heterocycles. The molecule has 1 fully saturated rings. The quantitative estimate of drug-likeness (QED) is 0.162. The average Bonchev–Trinajstić information content (AvgIpc) is 3.79. The van der Waals surface area contributed by atoms with Gasteiger partial charge in [0, 0.05) is 33.2 Å². The molecular formula is C47H36N5O2P. The monoisotopic (exact) mass is 733 g/mol. The minimum atomic E-state index is -3.80. The van der Waals surface area contributed by atoms with Gasteiger partial charge in [-0.1, -0.05) is 106 Å². The zero-order chi connectivity index (χ0) is 38.1. The lowest BCUT2D eigenvalue weighted by Gasteiger charge is -2.37. The lowest BCUT2D eigenvalue weighted by molar-refractivity contribution is 0.473. The third-order valence-electron chi connectivity index (χ3n) is 11.2. The normalized spacial score (nSPS) is 16.6. The molecule has 7 nitrogen and oxygen atoms in total. The number of fused-ring (bicyclic) bond motifs is 7. The average molecular weight is 734 g/mol. The molecule has 1 saturated heterocycles. The number of hydrogen-bond acceptors (Lipinski definition) is 7. The highest BCUT2D eigenvalue weighted by Crippen LogP contribution is 2.62. The summed E-state index contributed by atoms with van der Waals surface area (Å²) in [5.74, 6) is 0.959. The van der Waals surface area contributed by atoms with Crippen LogP contribution in [-0.2, 0) is 9.98 Å². The van der Waals surface area contributed by atoms with Crippen LogP contribution >= 0.6 is 7.14 Å². The van der Waals surface area contributed by atoms with Gasteiger partial charge in [-0.2, -0.15) is 15.8 Å². The number of hydrogen-bond donors (Lipinski definition) is 0. The summed E-state index contributed by atoms with van der Waals surface area (Å²) in [5.41, 5.74) is 6.03. The first kappa shape index (κ1) is 34.2. The summed E-state index contributed by atoms with van der Waals surface area (Å²) in [6.07, 6.45) is 1.58. The highest BCUT2D eigenvalue weighted by Gasteiger charge is 2.52. The lowest BCUT2D eigenvalue weighted by atomic mass is 9.84. The zero-order valence-electron chi connectivity index (χ0n) is 30.7. The second-order valence-electron chi connectivity index (χ2n) is 15.3. The summed E-state index contributed by atoms with van der Waals surface area (Å²) in [4.78, 5) is 4.29. The molecule has 8 heteroatoms. The molecule has 3 aliphatic rings. The molecule has 266 valence electrons. The molecular weight excluding hydrogens is 698 g/mol. The van der Waals surface area contributed by atoms with Crippen molar-refractivity contribution in [1.29, 1.82) is 15.8 Å². The lowest BCUT2D eigenvalue weighted by Crippen LogP contribution is -2.33. The van der Waals surface area contributed by atoms with Crippen molar-refractivity contribution in [3.63, 3.8) is 0 Å². The number of ether oxygens (including phenoxy) is 1. The molecule has 0 amide bonds. The molecule has 0 saturated carbocycles. The van der Waals surface area contributed by atoms with Crippen molar-refractivity contribution in [3.8, 4) is 29.7 Å². The summed E-state index contributed by atoms with van der Waals surface area (Å²) in [5, 5.41) is 34.7. The summed E-state index contributed by atoms with van der Waals surface area (Å²) < 4.78 is 23.3. The Hall–Kier alpha value is -6.58. The Bertz CT molecular complexity index is 2660. The first-order chi connectivity index (χ1) is 26.7. The molecule has 6 aromatic carbocycles. The molecule has 3 aliphatic heterocycles. The van der Waals surface area contributed by atoms with Gasteiger partial charge in [0.2, 0.25) is 0 Å². The van der Waals surface area contributed by atoms with E-state index in [2.05, 4.69) is 56.0 Å². The maximum absolute atomic E-state index is 16.7. The molecule has 2 atom stereocenters. The van der Waals surface area contributed by atoms with Gasteiger partial charge in [0.1, 0.15) is 12.1 Å². The van der Waals surface area contributed by atoms with E-state index in [1.165, 1.54) is 0 Å². The van der Waals surface area contributed by atoms with Crippen LogP contribution in [-0.4, -0.2) is 0 Å². The SMILES string of the molecule is CC(C)(C)c1ccc2c(c1)Oc1cc(C#N)ccc1N2c1c(C#N)c2c(c(P(=O)(c3ccccc3)c3ccccc3)c1C#N)C1CCC2N1c1ccccc1. The maximum Gasteiger partial charge on any atom is 0.172 e. The van der Waals surface area contributed by atoms with E-state index in [1.54, 1.807) is 18.2 Å². The highest BCUT2D eigenvalue weighted by atomic mass is 31.2. The number of nitriles is 3. The molecule has 0 aliphatic carbocycles. The van der Waals surface area contributed by atoms with Crippen molar-refractivity contribution in [1.82, 2.24) is 0 Å². The van der Waals surface area contributed by atoms with E-state index in [0.29, 0.717) is 55.6 Å². The largest absolute Gasteiger partial charge is 0.453 e. The number of anilines is 4. The van der Waals surface area contributed by atoms with Crippen LogP contribution in [0.4, 0.5) is 22.7 Å². The smallest absolute Gasteiger partial charge is 0.172 e. The van der Waals surface area contributed by atoms with Gasteiger partial charge in [0.25, 0.3) is 0 Å². The summed E-state index contributed by atoms with van der Waals surface area (Å²) in [6.45, 7) is 6.39. The van der Waals surface area contributed by atoms with Gasteiger partial charge in [-0.05, 0) is 65.8 Å². The summed E-state index contributed by atoms with van der Waals surface area (Å²) >= 11 is 0. The van der Waals surface area contributed by atoms with Gasteiger partial charge >= 0.3 is 0 Å². The van der Waals surface area contributed by atoms with Gasteiger partial charge in [-0.15, -0.1) is 0 Å². The van der Waals surface area contributed by atoms with E-state index in [9.17, 15) is 15.8 Å². The van der Waals surface area contributed by atoms with Crippen molar-refractivity contribution in [3.05, 3.63) is 161 Å². The van der Waals surface area contributed by atoms with E-state index in [0.717, 1.165) is 35.2 Å². The van der Waals surface area contributed by atoms with Gasteiger partial charge in [0.05, 0.1) is 51.9 Å². The van der Waals surface area contributed by atoms with Gasteiger partial charge < -0.3 is 19.1 Å². The standard InChI is InChI=1S/C47H36N5O2P/c1-47(2,3)31-20-22-38-42(26-31)54-41-25-30(27-48)19-21-37(41)52(38)45-35(28-49)43-39-23-24-40(51(39)32-13-7-4-8-14-32)44(43)46(36(45)29-50)55(53,33-15-9-5-10-16-33)34-17-11-6-12-18-34/h4-22,25-26,39-40H,23-24H2,1-3H3. The number of nitrogens with zero attached hydrogens (tertiary/aromatic N) is 5. The topological polar surface area (TPSA) is 104 Å². The van der Waals surface area contributed by atoms with Crippen LogP contribution in [0, 0.1) is 34.0 Å². The Morgan fingerprint density at radius 2 is 1.20 bits per heavy atom. The molecule has 0 radical (unpaired) electrons. The fraction of sp³-hybridized carbons (Fsp3) is 0.170. The van der Waals surface area contributed by atoms with Crippen LogP contribution in [0.15, 0.2) is 127 Å². The zero-order valence-corrected chi connectivity index (χ0v) is 31.6. The number of benzene rings is 6. The van der Waals surface area contributed by atoms with E-state index in [4.69, 9.17) is 4.74 Å². The van der Waals surface area contributed by atoms with E-state index < -0.39 is 7.14 Å². The first-order valence-electron chi connectivity index (χ1n) is 18.4. The molecule has 0 N–H and O–H groups in total. The Morgan fingerprint density at radius 1 is 0.655 bits per heavy atom. The fourth-order valence-electron chi connectivity index (χ4n) is 8.82. The predicted molar refractivity (Wildman–Crippen MR) is 217 cm³/mol. The molecule has 2 unspecified atom stereocenters. The molecule has 55 heavy (non-hydrogen) atoms. The minimum Gasteiger partial charge on any atom is -0.453 e. The van der Waals surface area contributed by atoms with Crippen LogP contribution in [0.1, 0.15) is 79.1 Å². The van der Waals surface area contributed by atoms with Crippen LogP contribution in [0.3, 0.4) is 0 Å². The van der Waals surface area contributed by atoms with Crippen molar-refractivity contribution in [2.75, 3.05) is 9.80 Å². The molecule has 6 aromatic rings. The predicted octanol–water partition coefficient (Wildman–Crippen LogP) is 10.2. The number of para-hydroxylation sites is 1. The Balaban J connectivity index is 1.45. The van der Waals surface area contributed by atoms with E-state index in [-0.39, 0.29) is 23.1 Å². The summed E-state index contributed by atoms with van der Waals surface area (Å²) in [7, 11) is -3.80. The fourth-order valence-corrected chi connectivity index (χ4v) is 11.9. The van der Waals surface area contributed by atoms with E-state index in [1.807, 2.05) is 102 Å². The van der Waals surface area contributed by atoms with Crippen molar-refractivity contribution in [2.45, 2.75) is 51.1 Å². The molecule has 2 bridgehead atoms. The Labute approximate surface area is 321 Å². The first-order valence-corrected chi connectivity index (χ1v) is 20.2. The van der Waals surface area contributed by atoms with Crippen LogP contribution in [0.5, 0.6) is 11.5 Å². The third-order valence-corrected chi connectivity index (χ3v) is 14.4. The number of rotatable bonds is 5. The third kappa shape index (κ3) is 5.11. The van der Waals surface area contributed by atoms with Crippen LogP contribution < -0.4 is 30.5 Å². The van der Waals surface area contributed by atoms with E-state index >= 15 is 4.57 Å². The maximum atomic E-state index is 16.7. The van der Waals surface area contributed by atoms with Gasteiger partial charge in [0.15, 0.2) is 18.6 Å². The Kier molecular flexibility index (Phi) is 7.95. The van der Waals surface area contributed by atoms with Crippen molar-refractivity contribution >= 4 is 45.8 Å². The van der Waals surface area contributed by atoms with Crippen LogP contribution in [0.2, 0.25) is 0 Å².